The molecule has 0 saturated carbocycles. The summed E-state index contributed by atoms with van der Waals surface area (Å²) in [6.45, 7) is 2.26. The number of thioether (sulfide) groups is 1. The van der Waals surface area contributed by atoms with Gasteiger partial charge in [0.2, 0.25) is 0 Å². The van der Waals surface area contributed by atoms with E-state index in [1.807, 2.05) is 6.07 Å². The molecule has 1 aromatic rings. The Balaban J connectivity index is 1.64. The molecular formula is C18H26FN3O4S. The maximum absolute atomic E-state index is 13.5. The number of amides is 2. The van der Waals surface area contributed by atoms with E-state index >= 15 is 0 Å². The van der Waals surface area contributed by atoms with Crippen molar-refractivity contribution in [2.24, 2.45) is 0 Å². The number of carboxylic acid groups (broad SMARTS) is 1. The monoisotopic (exact) mass is 399 g/mol. The predicted molar refractivity (Wildman–Crippen MR) is 102 cm³/mol. The molecule has 2 N–H and O–H groups in total. The molecule has 1 aliphatic rings. The number of carbonyl (C=O) groups excluding carboxylic acids is 1. The minimum atomic E-state index is -0.893. The lowest BCUT2D eigenvalue weighted by atomic mass is 10.2. The summed E-state index contributed by atoms with van der Waals surface area (Å²) < 4.78 is 19.1. The number of likely N-dealkylation sites (N-methyl/N-ethyl adjacent to an activating group) is 1. The highest BCUT2D eigenvalue weighted by Crippen LogP contribution is 2.14. The minimum absolute atomic E-state index is 0.0642. The first-order valence-corrected chi connectivity index (χ1v) is 9.97. The molecule has 7 nitrogen and oxygen atoms in total. The number of nitrogens with zero attached hydrogens (tertiary/aromatic N) is 2. The molecule has 150 valence electrons. The highest BCUT2D eigenvalue weighted by molar-refractivity contribution is 7.98. The van der Waals surface area contributed by atoms with E-state index in [1.165, 1.54) is 6.07 Å². The van der Waals surface area contributed by atoms with Crippen LogP contribution in [0.1, 0.15) is 5.56 Å². The lowest BCUT2D eigenvalue weighted by Crippen LogP contribution is -2.52. The van der Waals surface area contributed by atoms with E-state index in [4.69, 9.17) is 9.84 Å². The van der Waals surface area contributed by atoms with Gasteiger partial charge in [-0.15, -0.1) is 0 Å². The molecular weight excluding hydrogens is 373 g/mol. The van der Waals surface area contributed by atoms with Gasteiger partial charge in [0.05, 0.1) is 19.3 Å². The van der Waals surface area contributed by atoms with Crippen molar-refractivity contribution >= 4 is 23.8 Å². The van der Waals surface area contributed by atoms with Crippen molar-refractivity contribution in [3.63, 3.8) is 0 Å². The van der Waals surface area contributed by atoms with Gasteiger partial charge in [0, 0.05) is 37.7 Å². The number of benzene rings is 1. The van der Waals surface area contributed by atoms with Gasteiger partial charge in [-0.1, -0.05) is 18.2 Å². The van der Waals surface area contributed by atoms with Crippen LogP contribution in [-0.4, -0.2) is 85.1 Å². The molecule has 0 aromatic heterocycles. The molecule has 1 unspecified atom stereocenters. The van der Waals surface area contributed by atoms with Crippen LogP contribution in [0.5, 0.6) is 0 Å². The molecule has 1 aliphatic heterocycles. The highest BCUT2D eigenvalue weighted by atomic mass is 32.2. The zero-order valence-corrected chi connectivity index (χ0v) is 16.2. The fraction of sp³-hybridized carbons (Fsp3) is 0.556. The summed E-state index contributed by atoms with van der Waals surface area (Å²) >= 11 is 1.56. The van der Waals surface area contributed by atoms with Crippen molar-refractivity contribution in [3.8, 4) is 0 Å². The topological polar surface area (TPSA) is 82.1 Å². The Hall–Kier alpha value is -1.84. The second-order valence-electron chi connectivity index (χ2n) is 6.41. The van der Waals surface area contributed by atoms with Gasteiger partial charge in [-0.2, -0.15) is 11.8 Å². The van der Waals surface area contributed by atoms with E-state index in [0.717, 1.165) is 0 Å². The Kier molecular flexibility index (Phi) is 8.83. The Morgan fingerprint density at radius 2 is 2.22 bits per heavy atom. The molecule has 0 aliphatic carbocycles. The summed E-state index contributed by atoms with van der Waals surface area (Å²) in [5, 5.41) is 11.7. The van der Waals surface area contributed by atoms with E-state index in [0.29, 0.717) is 49.9 Å². The van der Waals surface area contributed by atoms with E-state index in [9.17, 15) is 14.0 Å². The zero-order valence-electron chi connectivity index (χ0n) is 15.4. The standard InChI is InChI=1S/C18H26FN3O4S/c1-21(12-17(23)24)10-15-11-22(7-8-26-15)18(25)20-6-9-27-13-14-4-2-3-5-16(14)19/h2-5,15H,6-13H2,1H3,(H,20,25)(H,23,24). The van der Waals surface area contributed by atoms with Gasteiger partial charge in [0.1, 0.15) is 5.82 Å². The van der Waals surface area contributed by atoms with E-state index in [2.05, 4.69) is 5.32 Å². The molecule has 1 fully saturated rings. The Morgan fingerprint density at radius 1 is 1.44 bits per heavy atom. The lowest BCUT2D eigenvalue weighted by molar-refractivity contribution is -0.138. The fourth-order valence-electron chi connectivity index (χ4n) is 2.80. The average Bonchev–Trinajstić information content (AvgIpc) is 2.62. The van der Waals surface area contributed by atoms with Crippen LogP contribution in [-0.2, 0) is 15.3 Å². The Morgan fingerprint density at radius 3 is 2.96 bits per heavy atom. The average molecular weight is 399 g/mol. The van der Waals surface area contributed by atoms with Crippen LogP contribution in [0.3, 0.4) is 0 Å². The van der Waals surface area contributed by atoms with Crippen molar-refractivity contribution in [1.29, 1.82) is 0 Å². The third-order valence-electron chi connectivity index (χ3n) is 4.08. The van der Waals surface area contributed by atoms with Crippen LogP contribution in [0.4, 0.5) is 9.18 Å². The van der Waals surface area contributed by atoms with E-state index < -0.39 is 5.97 Å². The molecule has 0 bridgehead atoms. The molecule has 1 heterocycles. The predicted octanol–water partition coefficient (Wildman–Crippen LogP) is 1.49. The number of urea groups is 1. The van der Waals surface area contributed by atoms with E-state index in [1.54, 1.807) is 40.7 Å². The van der Waals surface area contributed by atoms with Crippen LogP contribution >= 0.6 is 11.8 Å². The largest absolute Gasteiger partial charge is 0.480 e. The number of hydrogen-bond donors (Lipinski definition) is 2. The first kappa shape index (κ1) is 21.5. The van der Waals surface area contributed by atoms with Gasteiger partial charge in [-0.05, 0) is 18.7 Å². The Labute approximate surface area is 162 Å². The van der Waals surface area contributed by atoms with Gasteiger partial charge < -0.3 is 20.1 Å². The van der Waals surface area contributed by atoms with Crippen molar-refractivity contribution in [2.45, 2.75) is 11.9 Å². The van der Waals surface area contributed by atoms with Gasteiger partial charge in [0.15, 0.2) is 0 Å². The number of rotatable bonds is 9. The summed E-state index contributed by atoms with van der Waals surface area (Å²) in [4.78, 5) is 26.3. The Bertz CT molecular complexity index is 634. The molecule has 0 radical (unpaired) electrons. The number of halogens is 1. The summed E-state index contributed by atoms with van der Waals surface area (Å²) in [6.07, 6.45) is -0.204. The van der Waals surface area contributed by atoms with Gasteiger partial charge in [0.25, 0.3) is 0 Å². The number of carboxylic acids is 1. The number of carbonyl (C=O) groups is 2. The summed E-state index contributed by atoms with van der Waals surface area (Å²) in [5.74, 6) is 0.157. The van der Waals surface area contributed by atoms with Crippen molar-refractivity contribution in [3.05, 3.63) is 35.6 Å². The maximum atomic E-state index is 13.5. The summed E-state index contributed by atoms with van der Waals surface area (Å²) in [6, 6.07) is 6.52. The summed E-state index contributed by atoms with van der Waals surface area (Å²) in [5.41, 5.74) is 0.662. The number of hydrogen-bond acceptors (Lipinski definition) is 5. The van der Waals surface area contributed by atoms with Gasteiger partial charge >= 0.3 is 12.0 Å². The van der Waals surface area contributed by atoms with Crippen molar-refractivity contribution < 1.29 is 23.8 Å². The molecule has 2 amide bonds. The third kappa shape index (κ3) is 7.74. The molecule has 27 heavy (non-hydrogen) atoms. The van der Waals surface area contributed by atoms with E-state index in [-0.39, 0.29) is 24.5 Å². The second-order valence-corrected chi connectivity index (χ2v) is 7.51. The molecule has 0 spiro atoms. The molecule has 1 saturated heterocycles. The van der Waals surface area contributed by atoms with Gasteiger partial charge in [-0.25, -0.2) is 9.18 Å². The number of ether oxygens (including phenoxy) is 1. The van der Waals surface area contributed by atoms with Crippen LogP contribution in [0.25, 0.3) is 0 Å². The second kappa shape index (κ2) is 11.1. The number of nitrogens with one attached hydrogen (secondary N) is 1. The normalized spacial score (nSPS) is 17.1. The van der Waals surface area contributed by atoms with Crippen molar-refractivity contribution in [2.75, 3.05) is 52.1 Å². The quantitative estimate of drug-likeness (QED) is 0.613. The van der Waals surface area contributed by atoms with Crippen LogP contribution in [0.2, 0.25) is 0 Å². The SMILES string of the molecule is CN(CC(=O)O)CC1CN(C(=O)NCCSCc2ccccc2F)CCO1. The molecule has 1 aromatic carbocycles. The smallest absolute Gasteiger partial charge is 0.317 e. The minimum Gasteiger partial charge on any atom is -0.480 e. The number of aliphatic carboxylic acids is 1. The van der Waals surface area contributed by atoms with Crippen molar-refractivity contribution in [1.82, 2.24) is 15.1 Å². The zero-order chi connectivity index (χ0) is 19.6. The molecule has 9 heteroatoms. The fourth-order valence-corrected chi connectivity index (χ4v) is 3.64. The van der Waals surface area contributed by atoms with Crippen LogP contribution < -0.4 is 5.32 Å². The summed E-state index contributed by atoms with van der Waals surface area (Å²) in [7, 11) is 1.71. The van der Waals surface area contributed by atoms with Gasteiger partial charge in [-0.3, -0.25) is 9.69 Å². The molecule has 2 rings (SSSR count). The first-order chi connectivity index (χ1) is 13.0. The molecule has 1 atom stereocenters. The van der Waals surface area contributed by atoms with Crippen LogP contribution in [0, 0.1) is 5.82 Å². The first-order valence-electron chi connectivity index (χ1n) is 8.81. The number of morpholine rings is 1. The van der Waals surface area contributed by atoms with Crippen LogP contribution in [0.15, 0.2) is 24.3 Å². The highest BCUT2D eigenvalue weighted by Gasteiger charge is 2.25. The maximum Gasteiger partial charge on any atom is 0.317 e. The third-order valence-corrected chi connectivity index (χ3v) is 5.09. The lowest BCUT2D eigenvalue weighted by Gasteiger charge is -2.34.